The van der Waals surface area contributed by atoms with Crippen LogP contribution < -0.4 is 4.90 Å². The van der Waals surface area contributed by atoms with Crippen molar-refractivity contribution in [1.29, 1.82) is 0 Å². The molecular weight excluding hydrogens is 249 g/mol. The minimum atomic E-state index is -0.761. The number of carbonyl (C=O) groups is 3. The molecule has 0 aliphatic carbocycles. The SMILES string of the molecule is O=CCCN1C(=O)C(=O)c2cc(Cl)c(F)cc21. The van der Waals surface area contributed by atoms with Gasteiger partial charge < -0.3 is 9.69 Å². The molecule has 0 saturated carbocycles. The normalized spacial score (nSPS) is 14.1. The van der Waals surface area contributed by atoms with Gasteiger partial charge in [-0.05, 0) is 12.1 Å². The minimum absolute atomic E-state index is 0.0577. The third-order valence-electron chi connectivity index (χ3n) is 2.48. The molecule has 0 N–H and O–H groups in total. The molecule has 1 amide bonds. The second kappa shape index (κ2) is 4.25. The van der Waals surface area contributed by atoms with Crippen LogP contribution >= 0.6 is 11.6 Å². The van der Waals surface area contributed by atoms with E-state index >= 15 is 0 Å². The van der Waals surface area contributed by atoms with E-state index in [1.165, 1.54) is 0 Å². The van der Waals surface area contributed by atoms with Crippen LogP contribution in [0.5, 0.6) is 0 Å². The number of hydrogen-bond donors (Lipinski definition) is 0. The number of anilines is 1. The summed E-state index contributed by atoms with van der Waals surface area (Å²) in [5.74, 6) is -2.19. The van der Waals surface area contributed by atoms with Crippen LogP contribution in [-0.2, 0) is 9.59 Å². The maximum absolute atomic E-state index is 13.3. The van der Waals surface area contributed by atoms with Crippen molar-refractivity contribution in [3.05, 3.63) is 28.5 Å². The maximum atomic E-state index is 13.3. The van der Waals surface area contributed by atoms with Gasteiger partial charge in [-0.1, -0.05) is 11.6 Å². The largest absolute Gasteiger partial charge is 0.304 e. The van der Waals surface area contributed by atoms with E-state index < -0.39 is 17.5 Å². The third kappa shape index (κ3) is 1.82. The summed E-state index contributed by atoms with van der Waals surface area (Å²) >= 11 is 5.54. The number of nitrogens with zero attached hydrogens (tertiary/aromatic N) is 1. The van der Waals surface area contributed by atoms with E-state index in [1.807, 2.05) is 0 Å². The molecule has 0 fully saturated rings. The molecule has 1 aliphatic heterocycles. The number of rotatable bonds is 3. The topological polar surface area (TPSA) is 54.5 Å². The molecule has 2 rings (SSSR count). The molecule has 0 atom stereocenters. The Kier molecular flexibility index (Phi) is 2.93. The number of ketones is 1. The van der Waals surface area contributed by atoms with Crippen LogP contribution in [0.4, 0.5) is 10.1 Å². The van der Waals surface area contributed by atoms with Crippen LogP contribution in [0.25, 0.3) is 0 Å². The lowest BCUT2D eigenvalue weighted by atomic mass is 10.1. The van der Waals surface area contributed by atoms with E-state index in [2.05, 4.69) is 0 Å². The number of benzene rings is 1. The highest BCUT2D eigenvalue weighted by Gasteiger charge is 2.36. The van der Waals surface area contributed by atoms with Crippen LogP contribution in [-0.4, -0.2) is 24.5 Å². The van der Waals surface area contributed by atoms with Gasteiger partial charge in [0.05, 0.1) is 16.3 Å². The smallest absolute Gasteiger partial charge is 0.299 e. The number of Topliss-reactive ketones (excluding diaryl/α,β-unsaturated/α-hetero) is 1. The Balaban J connectivity index is 2.48. The van der Waals surface area contributed by atoms with E-state index in [4.69, 9.17) is 11.6 Å². The molecule has 0 spiro atoms. The predicted octanol–water partition coefficient (Wildman–Crippen LogP) is 1.60. The molecule has 1 heterocycles. The van der Waals surface area contributed by atoms with Crippen LogP contribution in [0.3, 0.4) is 0 Å². The monoisotopic (exact) mass is 255 g/mol. The first-order valence-electron chi connectivity index (χ1n) is 4.85. The Bertz CT molecular complexity index is 530. The quantitative estimate of drug-likeness (QED) is 0.609. The Hall–Kier alpha value is -1.75. The van der Waals surface area contributed by atoms with Gasteiger partial charge in [0, 0.05) is 13.0 Å². The molecular formula is C11H7ClFNO3. The average Bonchev–Trinajstić information content (AvgIpc) is 2.52. The number of carbonyl (C=O) groups excluding carboxylic acids is 3. The molecule has 0 radical (unpaired) electrons. The Morgan fingerprint density at radius 3 is 2.71 bits per heavy atom. The van der Waals surface area contributed by atoms with Crippen molar-refractivity contribution >= 4 is 35.3 Å². The van der Waals surface area contributed by atoms with Crippen LogP contribution in [0.2, 0.25) is 5.02 Å². The van der Waals surface area contributed by atoms with Crippen molar-refractivity contribution in [2.45, 2.75) is 6.42 Å². The molecule has 1 aromatic rings. The zero-order valence-electron chi connectivity index (χ0n) is 8.57. The van der Waals surface area contributed by atoms with Crippen LogP contribution in [0.15, 0.2) is 12.1 Å². The van der Waals surface area contributed by atoms with Crippen LogP contribution in [0.1, 0.15) is 16.8 Å². The van der Waals surface area contributed by atoms with E-state index in [0.29, 0.717) is 6.29 Å². The van der Waals surface area contributed by atoms with Crippen molar-refractivity contribution in [2.75, 3.05) is 11.4 Å². The number of hydrogen-bond acceptors (Lipinski definition) is 3. The van der Waals surface area contributed by atoms with Gasteiger partial charge in [0.15, 0.2) is 0 Å². The summed E-state index contributed by atoms with van der Waals surface area (Å²) < 4.78 is 13.3. The first-order valence-corrected chi connectivity index (χ1v) is 5.23. The Morgan fingerprint density at radius 1 is 1.35 bits per heavy atom. The molecule has 0 saturated heterocycles. The second-order valence-electron chi connectivity index (χ2n) is 3.52. The van der Waals surface area contributed by atoms with Gasteiger partial charge >= 0.3 is 0 Å². The molecule has 0 aromatic heterocycles. The maximum Gasteiger partial charge on any atom is 0.299 e. The van der Waals surface area contributed by atoms with Gasteiger partial charge in [-0.15, -0.1) is 0 Å². The van der Waals surface area contributed by atoms with E-state index in [0.717, 1.165) is 17.0 Å². The summed E-state index contributed by atoms with van der Waals surface area (Å²) in [6.45, 7) is 0.0577. The lowest BCUT2D eigenvalue weighted by molar-refractivity contribution is -0.114. The van der Waals surface area contributed by atoms with Crippen molar-refractivity contribution in [3.8, 4) is 0 Å². The van der Waals surface area contributed by atoms with E-state index in [1.54, 1.807) is 0 Å². The highest BCUT2D eigenvalue weighted by molar-refractivity contribution is 6.52. The number of amides is 1. The van der Waals surface area contributed by atoms with E-state index in [-0.39, 0.29) is 29.2 Å². The van der Waals surface area contributed by atoms with Gasteiger partial charge in [-0.25, -0.2) is 4.39 Å². The lowest BCUT2D eigenvalue weighted by Crippen LogP contribution is -2.30. The molecule has 0 unspecified atom stereocenters. The Morgan fingerprint density at radius 2 is 2.06 bits per heavy atom. The minimum Gasteiger partial charge on any atom is -0.304 e. The highest BCUT2D eigenvalue weighted by atomic mass is 35.5. The third-order valence-corrected chi connectivity index (χ3v) is 2.77. The van der Waals surface area contributed by atoms with Crippen molar-refractivity contribution in [2.24, 2.45) is 0 Å². The predicted molar refractivity (Wildman–Crippen MR) is 58.8 cm³/mol. The number of aldehydes is 1. The summed E-state index contributed by atoms with van der Waals surface area (Å²) in [6.07, 6.45) is 0.713. The molecule has 88 valence electrons. The molecule has 0 bridgehead atoms. The summed E-state index contributed by atoms with van der Waals surface area (Å²) in [5, 5.41) is -0.206. The van der Waals surface area contributed by atoms with Crippen molar-refractivity contribution in [3.63, 3.8) is 0 Å². The fourth-order valence-corrected chi connectivity index (χ4v) is 1.86. The summed E-state index contributed by atoms with van der Waals surface area (Å²) in [5.41, 5.74) is 0.246. The standard InChI is InChI=1S/C11H7ClFNO3/c12-7-4-6-9(5-8(7)13)14(2-1-3-15)11(17)10(6)16/h3-5H,1-2H2. The molecule has 1 aromatic carbocycles. The first-order chi connectivity index (χ1) is 8.06. The van der Waals surface area contributed by atoms with Crippen LogP contribution in [0, 0.1) is 5.82 Å². The fourth-order valence-electron chi connectivity index (χ4n) is 1.69. The first kappa shape index (κ1) is 11.7. The van der Waals surface area contributed by atoms with Gasteiger partial charge in [0.25, 0.3) is 11.7 Å². The van der Waals surface area contributed by atoms with Crippen molar-refractivity contribution in [1.82, 2.24) is 0 Å². The number of halogens is 2. The average molecular weight is 256 g/mol. The van der Waals surface area contributed by atoms with Gasteiger partial charge in [-0.3, -0.25) is 9.59 Å². The summed E-state index contributed by atoms with van der Waals surface area (Å²) in [7, 11) is 0. The molecule has 1 aliphatic rings. The molecule has 4 nitrogen and oxygen atoms in total. The molecule has 6 heteroatoms. The van der Waals surface area contributed by atoms with Crippen molar-refractivity contribution < 1.29 is 18.8 Å². The molecule has 17 heavy (non-hydrogen) atoms. The highest BCUT2D eigenvalue weighted by Crippen LogP contribution is 2.32. The lowest BCUT2D eigenvalue weighted by Gasteiger charge is -2.14. The van der Waals surface area contributed by atoms with Gasteiger partial charge in [0.1, 0.15) is 12.1 Å². The fraction of sp³-hybridized carbons (Fsp3) is 0.182. The van der Waals surface area contributed by atoms with Gasteiger partial charge in [0.2, 0.25) is 0 Å². The van der Waals surface area contributed by atoms with E-state index in [9.17, 15) is 18.8 Å². The zero-order valence-corrected chi connectivity index (χ0v) is 9.33. The summed E-state index contributed by atoms with van der Waals surface area (Å²) in [6, 6.07) is 2.17. The zero-order chi connectivity index (χ0) is 12.6. The Labute approximate surface area is 101 Å². The van der Waals surface area contributed by atoms with Gasteiger partial charge in [-0.2, -0.15) is 0 Å². The number of fused-ring (bicyclic) bond motifs is 1. The second-order valence-corrected chi connectivity index (χ2v) is 3.93. The summed E-state index contributed by atoms with van der Waals surface area (Å²) in [4.78, 5) is 34.5.